The Morgan fingerprint density at radius 3 is 2.38 bits per heavy atom. The van der Waals surface area contributed by atoms with Crippen LogP contribution in [0.4, 0.5) is 0 Å². The molecule has 26 heavy (non-hydrogen) atoms. The van der Waals surface area contributed by atoms with Gasteiger partial charge in [-0.3, -0.25) is 4.79 Å². The maximum atomic E-state index is 12.8. The molecule has 0 aliphatic carbocycles. The van der Waals surface area contributed by atoms with E-state index in [-0.39, 0.29) is 46.2 Å². The zero-order valence-corrected chi connectivity index (χ0v) is 14.8. The minimum absolute atomic E-state index is 0. The van der Waals surface area contributed by atoms with E-state index >= 15 is 0 Å². The molecule has 8 heteroatoms. The molecule has 0 saturated heterocycles. The summed E-state index contributed by atoms with van der Waals surface area (Å²) in [4.78, 5) is 12.8. The summed E-state index contributed by atoms with van der Waals surface area (Å²) in [6.45, 7) is 0.609. The minimum atomic E-state index is -0.655. The van der Waals surface area contributed by atoms with Gasteiger partial charge in [0.15, 0.2) is 23.0 Å². The van der Waals surface area contributed by atoms with E-state index in [0.717, 1.165) is 0 Å². The molecule has 2 aromatic carbocycles. The Bertz CT molecular complexity index is 962. The first-order valence-electron chi connectivity index (χ1n) is 7.67. The largest absolute Gasteiger partial charge is 0.504 e. The van der Waals surface area contributed by atoms with Gasteiger partial charge in [-0.2, -0.15) is 0 Å². The summed E-state index contributed by atoms with van der Waals surface area (Å²) in [5.41, 5.74) is 5.60. The van der Waals surface area contributed by atoms with Crippen LogP contribution in [0.25, 0.3) is 22.3 Å². The van der Waals surface area contributed by atoms with E-state index in [1.165, 1.54) is 12.1 Å². The minimum Gasteiger partial charge on any atom is -0.504 e. The van der Waals surface area contributed by atoms with Gasteiger partial charge < -0.3 is 30.2 Å². The number of hydrogen-bond acceptors (Lipinski definition) is 7. The molecule has 1 radical (unpaired) electrons. The predicted octanol–water partition coefficient (Wildman–Crippen LogP) is 2.30. The number of benzene rings is 2. The molecule has 0 unspecified atom stereocenters. The molecule has 5 N–H and O–H groups in total. The van der Waals surface area contributed by atoms with E-state index in [9.17, 15) is 20.1 Å². The quantitative estimate of drug-likeness (QED) is 0.295. The van der Waals surface area contributed by atoms with Gasteiger partial charge in [-0.15, -0.1) is 0 Å². The Hall–Kier alpha value is -2.67. The molecule has 0 bridgehead atoms. The number of ether oxygens (including phenoxy) is 1. The number of para-hydroxylation sites is 1. The normalized spacial score (nSPS) is 10.5. The van der Waals surface area contributed by atoms with Gasteiger partial charge in [-0.1, -0.05) is 12.1 Å². The van der Waals surface area contributed by atoms with Crippen molar-refractivity contribution in [3.05, 3.63) is 46.6 Å². The monoisotopic (exact) mass is 398 g/mol. The van der Waals surface area contributed by atoms with E-state index in [4.69, 9.17) is 14.9 Å². The first-order chi connectivity index (χ1) is 12.0. The molecule has 137 valence electrons. The van der Waals surface area contributed by atoms with Crippen LogP contribution in [-0.2, 0) is 17.1 Å². The van der Waals surface area contributed by atoms with Crippen LogP contribution in [0.3, 0.4) is 0 Å². The number of aromatic hydroxyl groups is 3. The van der Waals surface area contributed by atoms with Crippen LogP contribution in [0.1, 0.15) is 6.42 Å². The molecule has 0 atom stereocenters. The first-order valence-corrected chi connectivity index (χ1v) is 7.67. The van der Waals surface area contributed by atoms with E-state index in [2.05, 4.69) is 0 Å². The van der Waals surface area contributed by atoms with Crippen LogP contribution in [0.5, 0.6) is 23.0 Å². The second kappa shape index (κ2) is 8.14. The zero-order chi connectivity index (χ0) is 18.0. The van der Waals surface area contributed by atoms with Crippen molar-refractivity contribution in [2.45, 2.75) is 6.42 Å². The number of fused-ring (bicyclic) bond motifs is 1. The second-order valence-corrected chi connectivity index (χ2v) is 5.44. The fourth-order valence-corrected chi connectivity index (χ4v) is 2.44. The summed E-state index contributed by atoms with van der Waals surface area (Å²) in [7, 11) is 0. The van der Waals surface area contributed by atoms with Gasteiger partial charge in [0.05, 0.1) is 12.0 Å². The first kappa shape index (κ1) is 19.7. The van der Waals surface area contributed by atoms with Crippen molar-refractivity contribution in [3.63, 3.8) is 0 Å². The molecule has 0 amide bonds. The van der Waals surface area contributed by atoms with Crippen LogP contribution in [0, 0.1) is 0 Å². The molecule has 0 aliphatic heterocycles. The summed E-state index contributed by atoms with van der Waals surface area (Å²) >= 11 is 0. The van der Waals surface area contributed by atoms with Crippen molar-refractivity contribution in [3.8, 4) is 34.3 Å². The molecular weight excluding hydrogens is 381 g/mol. The van der Waals surface area contributed by atoms with Crippen LogP contribution < -0.4 is 15.9 Å². The third-order valence-corrected chi connectivity index (χ3v) is 3.68. The summed E-state index contributed by atoms with van der Waals surface area (Å²) in [5.74, 6) is -1.74. The Kier molecular flexibility index (Phi) is 6.15. The van der Waals surface area contributed by atoms with Gasteiger partial charge in [-0.05, 0) is 37.2 Å². The zero-order valence-electron chi connectivity index (χ0n) is 13.6. The molecule has 1 aromatic heterocycles. The fourth-order valence-electron chi connectivity index (χ4n) is 2.44. The summed E-state index contributed by atoms with van der Waals surface area (Å²) < 4.78 is 11.3. The van der Waals surface area contributed by atoms with Crippen molar-refractivity contribution < 1.29 is 41.5 Å². The van der Waals surface area contributed by atoms with Crippen molar-refractivity contribution in [2.24, 2.45) is 5.73 Å². The molecule has 0 fully saturated rings. The molecular formula is C18H17MnNO6. The van der Waals surface area contributed by atoms with E-state index in [1.807, 2.05) is 0 Å². The molecule has 1 heterocycles. The molecule has 0 aliphatic rings. The van der Waals surface area contributed by atoms with E-state index in [0.29, 0.717) is 23.9 Å². The third-order valence-electron chi connectivity index (χ3n) is 3.68. The number of hydrogen-bond donors (Lipinski definition) is 4. The summed E-state index contributed by atoms with van der Waals surface area (Å²) in [6.07, 6.45) is 0.539. The SMILES string of the molecule is NCCCOc1c(-c2cc(O)c(O)c(O)c2)oc2ccccc2c1=O.[Mn]. The number of rotatable bonds is 5. The van der Waals surface area contributed by atoms with Crippen LogP contribution in [0.15, 0.2) is 45.6 Å². The molecule has 7 nitrogen and oxygen atoms in total. The van der Waals surface area contributed by atoms with Gasteiger partial charge in [0.25, 0.3) is 0 Å². The van der Waals surface area contributed by atoms with E-state index in [1.54, 1.807) is 24.3 Å². The average molecular weight is 398 g/mol. The van der Waals surface area contributed by atoms with Gasteiger partial charge in [0.2, 0.25) is 11.2 Å². The molecule has 0 spiro atoms. The van der Waals surface area contributed by atoms with Gasteiger partial charge in [0.1, 0.15) is 5.58 Å². The number of phenolic OH excluding ortho intramolecular Hbond substituents is 3. The molecule has 0 saturated carbocycles. The number of nitrogens with two attached hydrogens (primary N) is 1. The maximum Gasteiger partial charge on any atom is 0.235 e. The van der Waals surface area contributed by atoms with Crippen LogP contribution >= 0.6 is 0 Å². The standard InChI is InChI=1S/C18H17NO6.Mn/c19-6-3-7-24-18-15(22)11-4-1-2-5-14(11)25-17(18)10-8-12(20)16(23)13(21)9-10;/h1-2,4-5,8-9,20-21,23H,3,6-7,19H2;. The predicted molar refractivity (Wildman–Crippen MR) is 92.1 cm³/mol. The summed E-state index contributed by atoms with van der Waals surface area (Å²) in [5, 5.41) is 29.3. The van der Waals surface area contributed by atoms with Gasteiger partial charge in [0, 0.05) is 22.6 Å². The van der Waals surface area contributed by atoms with Gasteiger partial charge in [-0.25, -0.2) is 0 Å². The van der Waals surface area contributed by atoms with E-state index < -0.39 is 17.2 Å². The topological polar surface area (TPSA) is 126 Å². The number of phenols is 3. The smallest absolute Gasteiger partial charge is 0.235 e. The third kappa shape index (κ3) is 3.62. The van der Waals surface area contributed by atoms with Gasteiger partial charge >= 0.3 is 0 Å². The molecule has 3 aromatic rings. The van der Waals surface area contributed by atoms with Crippen molar-refractivity contribution in [2.75, 3.05) is 13.2 Å². The van der Waals surface area contributed by atoms with Crippen LogP contribution in [-0.4, -0.2) is 28.5 Å². The van der Waals surface area contributed by atoms with Crippen molar-refractivity contribution in [1.82, 2.24) is 0 Å². The van der Waals surface area contributed by atoms with Crippen LogP contribution in [0.2, 0.25) is 0 Å². The Morgan fingerprint density at radius 2 is 1.73 bits per heavy atom. The van der Waals surface area contributed by atoms with Crippen molar-refractivity contribution >= 4 is 11.0 Å². The average Bonchev–Trinajstić information content (AvgIpc) is 2.61. The second-order valence-electron chi connectivity index (χ2n) is 5.44. The fraction of sp³-hybridized carbons (Fsp3) is 0.167. The van der Waals surface area contributed by atoms with Crippen molar-refractivity contribution in [1.29, 1.82) is 0 Å². The maximum absolute atomic E-state index is 12.8. The Morgan fingerprint density at radius 1 is 1.08 bits per heavy atom. The Balaban J connectivity index is 0.00000243. The Labute approximate surface area is 159 Å². The summed E-state index contributed by atoms with van der Waals surface area (Å²) in [6, 6.07) is 9.03. The molecule has 3 rings (SSSR count).